The van der Waals surface area contributed by atoms with Crippen LogP contribution in [0.4, 0.5) is 0 Å². The van der Waals surface area contributed by atoms with E-state index in [1.54, 1.807) is 0 Å². The summed E-state index contributed by atoms with van der Waals surface area (Å²) in [7, 11) is -3.86. The summed E-state index contributed by atoms with van der Waals surface area (Å²) < 4.78 is 0. The zero-order valence-corrected chi connectivity index (χ0v) is 89.4. The zero-order chi connectivity index (χ0) is 91.7. The van der Waals surface area contributed by atoms with E-state index in [0.717, 1.165) is 74.0 Å². The molecule has 18 aromatic rings. The molecule has 0 atom stereocenters. The van der Waals surface area contributed by atoms with Crippen molar-refractivity contribution >= 4 is 39.8 Å². The maximum atomic E-state index is 4.88. The van der Waals surface area contributed by atoms with Crippen molar-refractivity contribution in [1.29, 1.82) is 0 Å². The van der Waals surface area contributed by atoms with Crippen LogP contribution in [0.2, 0.25) is 58.9 Å². The maximum absolute atomic E-state index is 4.88. The Labute approximate surface area is 835 Å². The van der Waals surface area contributed by atoms with Gasteiger partial charge in [-0.25, -0.2) is 0 Å². The molecule has 0 spiro atoms. The molecular formula is C121H116Ir3N6Si3-6. The Morgan fingerprint density at radius 2 is 0.541 bits per heavy atom. The normalized spacial score (nSPS) is 10.8. The van der Waals surface area contributed by atoms with Crippen molar-refractivity contribution in [3.05, 3.63) is 452 Å². The number of aromatic nitrogens is 6. The molecule has 0 N–H and O–H groups in total. The molecule has 0 aliphatic heterocycles. The second-order valence-electron chi connectivity index (χ2n) is 36.6. The number of nitrogens with zero attached hydrogens (tertiary/aromatic N) is 6. The second kappa shape index (κ2) is 49.2. The third kappa shape index (κ3) is 29.8. The minimum Gasteiger partial charge on any atom is -0.305 e. The molecular weight excluding hydrogens is 2200 g/mol. The van der Waals surface area contributed by atoms with E-state index in [-0.39, 0.29) is 60.3 Å². The molecule has 0 aliphatic rings. The monoisotopic (exact) mass is 2320 g/mol. The van der Waals surface area contributed by atoms with Crippen LogP contribution in [0.25, 0.3) is 134 Å². The first kappa shape index (κ1) is 103. The fourth-order valence-corrected chi connectivity index (χ4v) is 18.6. The second-order valence-corrected chi connectivity index (χ2v) is 51.9. The maximum Gasteiger partial charge on any atom is 0.0775 e. The van der Waals surface area contributed by atoms with Gasteiger partial charge in [0.05, 0.1) is 24.2 Å². The molecule has 675 valence electrons. The van der Waals surface area contributed by atoms with E-state index in [4.69, 9.17) is 15.0 Å². The SMILES string of the molecule is CC(C)Cc1cc(-c2[c-]ccc(-c3ccccc3)c2)ncc1-c1ccc([Si](C)(C)C)cc1.Cc1c[c-]c(-c2cc(C)ccn2)cc1.Cc1cc(-c2[c-]ccc(-c3ccccc3)c2)ncc1-c1ccc([Si](C)(C)C)cc1.Cc1cc(-c2[c-]ccc(-c3ccccc3)c2)ncc1-c1ccc([Si](C)(C)C)cc1.Cc1ccnc(-c2[c-]cccc2)c1.Cc1ccnc(-c2[c-]cccc2)c1.[Ir].[Ir].[Ir]. The molecule has 6 aromatic heterocycles. The molecule has 133 heavy (non-hydrogen) atoms. The van der Waals surface area contributed by atoms with Crippen LogP contribution in [-0.2, 0) is 66.7 Å². The van der Waals surface area contributed by atoms with Gasteiger partial charge in [0.15, 0.2) is 0 Å². The first-order valence-electron chi connectivity index (χ1n) is 44.8. The third-order valence-corrected chi connectivity index (χ3v) is 28.7. The van der Waals surface area contributed by atoms with E-state index in [1.165, 1.54) is 121 Å². The van der Waals surface area contributed by atoms with Crippen LogP contribution in [-0.4, -0.2) is 54.1 Å². The molecule has 6 nitrogen and oxygen atoms in total. The van der Waals surface area contributed by atoms with Crippen molar-refractivity contribution in [2.45, 2.75) is 121 Å². The van der Waals surface area contributed by atoms with Crippen LogP contribution >= 0.6 is 0 Å². The van der Waals surface area contributed by atoms with Crippen molar-refractivity contribution in [1.82, 2.24) is 29.9 Å². The summed E-state index contributed by atoms with van der Waals surface area (Å²) in [6, 6.07) is 138. The molecule has 3 radical (unpaired) electrons. The minimum absolute atomic E-state index is 0. The molecule has 12 aromatic carbocycles. The summed E-state index contributed by atoms with van der Waals surface area (Å²) in [5, 5.41) is 4.45. The van der Waals surface area contributed by atoms with Gasteiger partial charge < -0.3 is 29.9 Å². The number of aryl methyl sites for hydroxylation is 6. The van der Waals surface area contributed by atoms with Crippen LogP contribution < -0.4 is 15.6 Å². The van der Waals surface area contributed by atoms with Gasteiger partial charge in [-0.3, -0.25) is 0 Å². The molecule has 12 heteroatoms. The van der Waals surface area contributed by atoms with Crippen molar-refractivity contribution in [2.24, 2.45) is 5.92 Å². The Hall–Kier alpha value is -11.9. The van der Waals surface area contributed by atoms with Crippen LogP contribution in [0.1, 0.15) is 52.8 Å². The van der Waals surface area contributed by atoms with Gasteiger partial charge >= 0.3 is 0 Å². The summed E-state index contributed by atoms with van der Waals surface area (Å²) in [5.41, 5.74) is 35.3. The third-order valence-electron chi connectivity index (χ3n) is 22.5. The zero-order valence-electron chi connectivity index (χ0n) is 79.3. The summed E-state index contributed by atoms with van der Waals surface area (Å²) in [6.45, 7) is 38.6. The van der Waals surface area contributed by atoms with E-state index in [9.17, 15) is 0 Å². The van der Waals surface area contributed by atoms with Crippen molar-refractivity contribution in [3.8, 4) is 134 Å². The first-order chi connectivity index (χ1) is 62.6. The molecule has 18 rings (SSSR count). The van der Waals surface area contributed by atoms with Gasteiger partial charge in [0.2, 0.25) is 0 Å². The van der Waals surface area contributed by atoms with Gasteiger partial charge in [-0.2, -0.15) is 0 Å². The van der Waals surface area contributed by atoms with E-state index >= 15 is 0 Å². The van der Waals surface area contributed by atoms with Crippen LogP contribution in [0.3, 0.4) is 0 Å². The van der Waals surface area contributed by atoms with Gasteiger partial charge in [0.25, 0.3) is 0 Å². The molecule has 0 aliphatic carbocycles. The summed E-state index contributed by atoms with van der Waals surface area (Å²) in [5.74, 6) is 0.574. The molecule has 0 unspecified atom stereocenters. The molecule has 0 fully saturated rings. The van der Waals surface area contributed by atoms with Gasteiger partial charge in [0.1, 0.15) is 0 Å². The van der Waals surface area contributed by atoms with Gasteiger partial charge in [-0.15, -0.1) is 213 Å². The first-order valence-corrected chi connectivity index (χ1v) is 55.3. The van der Waals surface area contributed by atoms with Crippen molar-refractivity contribution in [3.63, 3.8) is 0 Å². The summed E-state index contributed by atoms with van der Waals surface area (Å²) in [6.07, 6.45) is 12.6. The van der Waals surface area contributed by atoms with E-state index in [1.807, 2.05) is 140 Å². The van der Waals surface area contributed by atoms with E-state index < -0.39 is 24.2 Å². The standard InChI is InChI=1S/C30H32NSi.2C27H26NSi.C13H12N.2C12H10N.3Ir/c1-22(2)18-27-20-30(26-13-9-12-25(19-26)23-10-7-6-8-11-23)31-21-29(27)24-14-16-28(17-15-24)32(3,4)5;2*1-20-17-27(24-12-8-11-23(18-24)21-9-6-5-7-10-21)28-19-26(20)22-13-15-25(16-14-22)29(2,3)4;1-10-3-5-12(6-4-10)13-9-11(2)7-8-14-13;2*1-10-7-8-13-12(9-10)11-5-3-2-4-6-11;;;/h6-12,14-17,19-22H,18H2,1-5H3;2*5-11,13-19H,1-4H3;3-5,7-9H,1-2H3;2*2-5,7-9H,1H3;;;/q6*-1;;;. The predicted molar refractivity (Wildman–Crippen MR) is 560 cm³/mol. The summed E-state index contributed by atoms with van der Waals surface area (Å²) >= 11 is 0. The number of pyridine rings is 6. The average molecular weight is 2320 g/mol. The summed E-state index contributed by atoms with van der Waals surface area (Å²) in [4.78, 5) is 27.3. The Morgan fingerprint density at radius 1 is 0.241 bits per heavy atom. The number of hydrogen-bond acceptors (Lipinski definition) is 6. The van der Waals surface area contributed by atoms with Crippen LogP contribution in [0, 0.1) is 83.9 Å². The topological polar surface area (TPSA) is 77.3 Å². The van der Waals surface area contributed by atoms with Gasteiger partial charge in [0, 0.05) is 114 Å². The van der Waals surface area contributed by atoms with Crippen molar-refractivity contribution in [2.75, 3.05) is 0 Å². The fourth-order valence-electron chi connectivity index (χ4n) is 15.1. The minimum atomic E-state index is -1.30. The number of benzene rings is 12. The van der Waals surface area contributed by atoms with Crippen LogP contribution in [0.5, 0.6) is 0 Å². The molecule has 6 heterocycles. The Morgan fingerprint density at radius 3 is 0.835 bits per heavy atom. The predicted octanol–water partition coefficient (Wildman–Crippen LogP) is 30.0. The number of hydrogen-bond donors (Lipinski definition) is 0. The molecule has 0 saturated heterocycles. The van der Waals surface area contributed by atoms with E-state index in [2.05, 4.69) is 402 Å². The van der Waals surface area contributed by atoms with Gasteiger partial charge in [-0.1, -0.05) is 312 Å². The van der Waals surface area contributed by atoms with Crippen LogP contribution in [0.15, 0.2) is 377 Å². The molecule has 0 bridgehead atoms. The molecule has 0 saturated carbocycles. The van der Waals surface area contributed by atoms with Crippen molar-refractivity contribution < 1.29 is 60.3 Å². The number of rotatable bonds is 17. The Balaban J connectivity index is 0.000000171. The molecule has 0 amide bonds. The quantitative estimate of drug-likeness (QED) is 0.0668. The average Bonchev–Trinajstić information content (AvgIpc) is 0.799. The fraction of sp³-hybridized carbons (Fsp3) is 0.157. The van der Waals surface area contributed by atoms with E-state index in [0.29, 0.717) is 5.92 Å². The Kier molecular flexibility index (Phi) is 38.2. The largest absolute Gasteiger partial charge is 0.305 e. The Bertz CT molecular complexity index is 6420. The van der Waals surface area contributed by atoms with Gasteiger partial charge in [-0.05, 0) is 149 Å². The smallest absolute Gasteiger partial charge is 0.0775 e.